The van der Waals surface area contributed by atoms with Gasteiger partial charge in [-0.1, -0.05) is 0 Å². The predicted molar refractivity (Wildman–Crippen MR) is 64.1 cm³/mol. The van der Waals surface area contributed by atoms with Crippen LogP contribution in [0.2, 0.25) is 0 Å². The monoisotopic (exact) mass is 270 g/mol. The highest BCUT2D eigenvalue weighted by molar-refractivity contribution is 9.10. The molecule has 1 N–H and O–H groups in total. The van der Waals surface area contributed by atoms with E-state index in [2.05, 4.69) is 21.2 Å². The summed E-state index contributed by atoms with van der Waals surface area (Å²) >= 11 is 3.42. The van der Waals surface area contributed by atoms with Crippen LogP contribution in [0.15, 0.2) is 21.5 Å². The molecule has 0 radical (unpaired) electrons. The van der Waals surface area contributed by atoms with Crippen LogP contribution in [-0.4, -0.2) is 17.7 Å². The van der Waals surface area contributed by atoms with Gasteiger partial charge in [0.15, 0.2) is 0 Å². The molecule has 1 atom stereocenters. The fourth-order valence-corrected chi connectivity index (χ4v) is 2.61. The highest BCUT2D eigenvalue weighted by Crippen LogP contribution is 2.12. The van der Waals surface area contributed by atoms with Crippen molar-refractivity contribution in [3.05, 3.63) is 32.7 Å². The second-order valence-corrected chi connectivity index (χ2v) is 5.07. The van der Waals surface area contributed by atoms with E-state index in [1.165, 1.54) is 0 Å². The van der Waals surface area contributed by atoms with E-state index in [0.29, 0.717) is 5.92 Å². The van der Waals surface area contributed by atoms with Gasteiger partial charge in [0.1, 0.15) is 0 Å². The summed E-state index contributed by atoms with van der Waals surface area (Å²) in [5, 5.41) is 3.31. The van der Waals surface area contributed by atoms with Crippen LogP contribution in [0.1, 0.15) is 12.0 Å². The Balaban J connectivity index is 2.23. The smallest absolute Gasteiger partial charge is 0.253 e. The minimum Gasteiger partial charge on any atom is -0.316 e. The Morgan fingerprint density at radius 2 is 2.47 bits per heavy atom. The van der Waals surface area contributed by atoms with E-state index >= 15 is 0 Å². The van der Waals surface area contributed by atoms with E-state index < -0.39 is 0 Å². The van der Waals surface area contributed by atoms with Gasteiger partial charge in [-0.2, -0.15) is 0 Å². The topological polar surface area (TPSA) is 34.0 Å². The second kappa shape index (κ2) is 4.49. The molecule has 1 aromatic rings. The number of hydrogen-bond acceptors (Lipinski definition) is 2. The lowest BCUT2D eigenvalue weighted by atomic mass is 10.1. The summed E-state index contributed by atoms with van der Waals surface area (Å²) in [7, 11) is 0. The van der Waals surface area contributed by atoms with Crippen LogP contribution >= 0.6 is 15.9 Å². The summed E-state index contributed by atoms with van der Waals surface area (Å²) in [6.07, 6.45) is 3.05. The van der Waals surface area contributed by atoms with Crippen molar-refractivity contribution in [3.63, 3.8) is 0 Å². The fraction of sp³-hybridized carbons (Fsp3) is 0.545. The quantitative estimate of drug-likeness (QED) is 0.885. The Bertz CT molecular complexity index is 408. The summed E-state index contributed by atoms with van der Waals surface area (Å²) < 4.78 is 2.79. The molecule has 1 aromatic heterocycles. The molecular weight excluding hydrogens is 256 g/mol. The number of nitrogens with one attached hydrogen (secondary N) is 1. The SMILES string of the molecule is Cc1cc(Br)cn(CC2CCNC2)c1=O. The summed E-state index contributed by atoms with van der Waals surface area (Å²) in [5.41, 5.74) is 0.931. The highest BCUT2D eigenvalue weighted by atomic mass is 79.9. The van der Waals surface area contributed by atoms with Gasteiger partial charge < -0.3 is 9.88 Å². The van der Waals surface area contributed by atoms with Crippen LogP contribution < -0.4 is 10.9 Å². The fourth-order valence-electron chi connectivity index (χ4n) is 2.02. The molecule has 0 amide bonds. The molecular formula is C11H15BrN2O. The summed E-state index contributed by atoms with van der Waals surface area (Å²) in [5.74, 6) is 0.594. The third-order valence-electron chi connectivity index (χ3n) is 2.85. The Morgan fingerprint density at radius 1 is 1.67 bits per heavy atom. The average Bonchev–Trinajstić information content (AvgIpc) is 2.66. The van der Waals surface area contributed by atoms with Crippen LogP contribution in [0, 0.1) is 12.8 Å². The van der Waals surface area contributed by atoms with Crippen molar-refractivity contribution in [2.75, 3.05) is 13.1 Å². The third-order valence-corrected chi connectivity index (χ3v) is 3.28. The molecule has 0 aliphatic carbocycles. The average molecular weight is 271 g/mol. The largest absolute Gasteiger partial charge is 0.316 e. The van der Waals surface area contributed by atoms with E-state index in [1.54, 1.807) is 0 Å². The van der Waals surface area contributed by atoms with Gasteiger partial charge in [0.25, 0.3) is 5.56 Å². The maximum atomic E-state index is 11.8. The summed E-state index contributed by atoms with van der Waals surface area (Å²) in [6, 6.07) is 1.87. The van der Waals surface area contributed by atoms with Crippen LogP contribution in [0.25, 0.3) is 0 Å². The molecule has 0 aromatic carbocycles. The Kier molecular flexibility index (Phi) is 3.26. The van der Waals surface area contributed by atoms with Gasteiger partial charge in [-0.15, -0.1) is 0 Å². The summed E-state index contributed by atoms with van der Waals surface area (Å²) in [6.45, 7) is 4.78. The van der Waals surface area contributed by atoms with Gasteiger partial charge in [0.05, 0.1) is 0 Å². The summed E-state index contributed by atoms with van der Waals surface area (Å²) in [4.78, 5) is 11.8. The van der Waals surface area contributed by atoms with Crippen LogP contribution in [-0.2, 0) is 6.54 Å². The number of hydrogen-bond donors (Lipinski definition) is 1. The lowest BCUT2D eigenvalue weighted by Gasteiger charge is -2.12. The van der Waals surface area contributed by atoms with Crippen molar-refractivity contribution in [3.8, 4) is 0 Å². The van der Waals surface area contributed by atoms with Crippen LogP contribution in [0.4, 0.5) is 0 Å². The Morgan fingerprint density at radius 3 is 3.13 bits per heavy atom. The number of nitrogens with zero attached hydrogens (tertiary/aromatic N) is 1. The lowest BCUT2D eigenvalue weighted by Crippen LogP contribution is -2.26. The molecule has 1 aliphatic heterocycles. The third kappa shape index (κ3) is 2.49. The van der Waals surface area contributed by atoms with Gasteiger partial charge in [0, 0.05) is 22.8 Å². The molecule has 1 fully saturated rings. The van der Waals surface area contributed by atoms with Crippen molar-refractivity contribution < 1.29 is 0 Å². The molecule has 1 saturated heterocycles. The first-order valence-corrected chi connectivity index (χ1v) is 6.03. The molecule has 82 valence electrons. The van der Waals surface area contributed by atoms with E-state index in [9.17, 15) is 4.79 Å². The normalized spacial score (nSPS) is 20.8. The van der Waals surface area contributed by atoms with Gasteiger partial charge in [-0.3, -0.25) is 4.79 Å². The zero-order valence-electron chi connectivity index (χ0n) is 8.79. The predicted octanol–water partition coefficient (Wildman–Crippen LogP) is 1.53. The first kappa shape index (κ1) is 10.9. The van der Waals surface area contributed by atoms with Crippen molar-refractivity contribution in [1.82, 2.24) is 9.88 Å². The number of aryl methyl sites for hydroxylation is 1. The molecule has 4 heteroatoms. The molecule has 2 heterocycles. The van der Waals surface area contributed by atoms with Crippen molar-refractivity contribution >= 4 is 15.9 Å². The van der Waals surface area contributed by atoms with Gasteiger partial charge in [-0.05, 0) is 54.3 Å². The molecule has 2 rings (SSSR count). The minimum absolute atomic E-state index is 0.130. The first-order chi connectivity index (χ1) is 7.16. The zero-order chi connectivity index (χ0) is 10.8. The molecule has 1 unspecified atom stereocenters. The molecule has 15 heavy (non-hydrogen) atoms. The number of aromatic nitrogens is 1. The van der Waals surface area contributed by atoms with Crippen LogP contribution in [0.5, 0.6) is 0 Å². The highest BCUT2D eigenvalue weighted by Gasteiger charge is 2.15. The molecule has 0 spiro atoms. The second-order valence-electron chi connectivity index (χ2n) is 4.16. The van der Waals surface area contributed by atoms with E-state index in [4.69, 9.17) is 0 Å². The van der Waals surface area contributed by atoms with E-state index in [1.807, 2.05) is 23.8 Å². The lowest BCUT2D eigenvalue weighted by molar-refractivity contribution is 0.470. The number of rotatable bonds is 2. The maximum Gasteiger partial charge on any atom is 0.253 e. The van der Waals surface area contributed by atoms with Crippen LogP contribution in [0.3, 0.4) is 0 Å². The maximum absolute atomic E-state index is 11.8. The van der Waals surface area contributed by atoms with E-state index in [0.717, 1.165) is 36.1 Å². The molecule has 0 bridgehead atoms. The minimum atomic E-state index is 0.130. The number of halogens is 1. The molecule has 3 nitrogen and oxygen atoms in total. The zero-order valence-corrected chi connectivity index (χ0v) is 10.4. The van der Waals surface area contributed by atoms with Gasteiger partial charge >= 0.3 is 0 Å². The molecule has 0 saturated carbocycles. The number of pyridine rings is 1. The van der Waals surface area contributed by atoms with Crippen molar-refractivity contribution in [2.45, 2.75) is 19.9 Å². The standard InChI is InChI=1S/C11H15BrN2O/c1-8-4-10(12)7-14(11(8)15)6-9-2-3-13-5-9/h4,7,9,13H,2-3,5-6H2,1H3. The Labute approximate surface area is 97.6 Å². The van der Waals surface area contributed by atoms with Crippen molar-refractivity contribution in [2.24, 2.45) is 5.92 Å². The van der Waals surface area contributed by atoms with Gasteiger partial charge in [0.2, 0.25) is 0 Å². The van der Waals surface area contributed by atoms with E-state index in [-0.39, 0.29) is 5.56 Å². The van der Waals surface area contributed by atoms with Crippen molar-refractivity contribution in [1.29, 1.82) is 0 Å². The first-order valence-electron chi connectivity index (χ1n) is 5.24. The van der Waals surface area contributed by atoms with Gasteiger partial charge in [-0.25, -0.2) is 0 Å². The Hall–Kier alpha value is -0.610. The molecule has 1 aliphatic rings.